The molecule has 1 heterocycles. The van der Waals surface area contributed by atoms with E-state index in [9.17, 15) is 4.79 Å². The third-order valence-corrected chi connectivity index (χ3v) is 4.27. The molecule has 1 aliphatic rings. The van der Waals surface area contributed by atoms with Crippen molar-refractivity contribution in [2.75, 3.05) is 18.8 Å². The number of benzene rings is 1. The van der Waals surface area contributed by atoms with Gasteiger partial charge in [0.25, 0.3) is 5.91 Å². The van der Waals surface area contributed by atoms with Gasteiger partial charge in [0.1, 0.15) is 0 Å². The van der Waals surface area contributed by atoms with Gasteiger partial charge in [0.2, 0.25) is 0 Å². The summed E-state index contributed by atoms with van der Waals surface area (Å²) in [5.41, 5.74) is 7.00. The van der Waals surface area contributed by atoms with Crippen LogP contribution in [-0.2, 0) is 0 Å². The van der Waals surface area contributed by atoms with Crippen LogP contribution in [0.3, 0.4) is 0 Å². The number of rotatable bonds is 1. The first-order valence-electron chi connectivity index (χ1n) is 6.64. The van der Waals surface area contributed by atoms with Crippen molar-refractivity contribution in [1.82, 2.24) is 4.90 Å². The Labute approximate surface area is 119 Å². The Morgan fingerprint density at radius 1 is 1.42 bits per heavy atom. The molecule has 2 N–H and O–H groups in total. The van der Waals surface area contributed by atoms with E-state index in [1.807, 2.05) is 4.90 Å². The van der Waals surface area contributed by atoms with Crippen LogP contribution in [0.25, 0.3) is 0 Å². The van der Waals surface area contributed by atoms with Crippen LogP contribution < -0.4 is 5.73 Å². The molecule has 4 heteroatoms. The second-order valence-electron chi connectivity index (χ2n) is 6.31. The number of halogens is 1. The van der Waals surface area contributed by atoms with Crippen molar-refractivity contribution >= 4 is 23.2 Å². The van der Waals surface area contributed by atoms with Crippen molar-refractivity contribution in [3.63, 3.8) is 0 Å². The van der Waals surface area contributed by atoms with E-state index in [0.29, 0.717) is 22.2 Å². The van der Waals surface area contributed by atoms with Crippen molar-refractivity contribution in [3.8, 4) is 0 Å². The third kappa shape index (κ3) is 2.86. The fraction of sp³-hybridized carbons (Fsp3) is 0.533. The zero-order chi connectivity index (χ0) is 14.2. The van der Waals surface area contributed by atoms with E-state index in [-0.39, 0.29) is 11.3 Å². The molecular weight excluding hydrogens is 260 g/mol. The summed E-state index contributed by atoms with van der Waals surface area (Å²) in [5, 5.41) is 0.434. The number of nitrogen functional groups attached to an aromatic ring is 1. The lowest BCUT2D eigenvalue weighted by Crippen LogP contribution is -2.31. The van der Waals surface area contributed by atoms with Crippen molar-refractivity contribution < 1.29 is 4.79 Å². The summed E-state index contributed by atoms with van der Waals surface area (Å²) in [5.74, 6) is 0.481. The van der Waals surface area contributed by atoms with Crippen LogP contribution in [-0.4, -0.2) is 23.9 Å². The molecule has 1 aliphatic heterocycles. The average Bonchev–Trinajstić information content (AvgIpc) is 2.77. The number of nitrogens with zero attached hydrogens (tertiary/aromatic N) is 1. The van der Waals surface area contributed by atoms with Crippen LogP contribution in [0.2, 0.25) is 5.02 Å². The lowest BCUT2D eigenvalue weighted by Gasteiger charge is -2.27. The molecule has 19 heavy (non-hydrogen) atoms. The Hall–Kier alpha value is -1.22. The Bertz CT molecular complexity index is 473. The van der Waals surface area contributed by atoms with Gasteiger partial charge in [0.15, 0.2) is 0 Å². The number of amides is 1. The predicted molar refractivity (Wildman–Crippen MR) is 79.3 cm³/mol. The van der Waals surface area contributed by atoms with Crippen LogP contribution >= 0.6 is 11.6 Å². The van der Waals surface area contributed by atoms with E-state index in [1.165, 1.54) is 0 Å². The van der Waals surface area contributed by atoms with E-state index in [4.69, 9.17) is 17.3 Å². The van der Waals surface area contributed by atoms with Gasteiger partial charge in [-0.15, -0.1) is 0 Å². The van der Waals surface area contributed by atoms with E-state index in [1.54, 1.807) is 18.2 Å². The summed E-state index contributed by atoms with van der Waals surface area (Å²) in [6.07, 6.45) is 1.04. The minimum Gasteiger partial charge on any atom is -0.398 e. The number of hydrogen-bond acceptors (Lipinski definition) is 2. The van der Waals surface area contributed by atoms with Crippen LogP contribution in [0.5, 0.6) is 0 Å². The van der Waals surface area contributed by atoms with Gasteiger partial charge in [-0.1, -0.05) is 38.4 Å². The summed E-state index contributed by atoms with van der Waals surface area (Å²) < 4.78 is 0. The number of hydrogen-bond donors (Lipinski definition) is 1. The van der Waals surface area contributed by atoms with Gasteiger partial charge in [-0.3, -0.25) is 4.79 Å². The molecule has 1 atom stereocenters. The highest BCUT2D eigenvalue weighted by atomic mass is 35.5. The average molecular weight is 281 g/mol. The first kappa shape index (κ1) is 14.2. The number of likely N-dealkylation sites (tertiary alicyclic amines) is 1. The highest BCUT2D eigenvalue weighted by Crippen LogP contribution is 2.35. The molecule has 3 nitrogen and oxygen atoms in total. The fourth-order valence-electron chi connectivity index (χ4n) is 2.58. The van der Waals surface area contributed by atoms with E-state index >= 15 is 0 Å². The third-order valence-electron chi connectivity index (χ3n) is 3.96. The maximum atomic E-state index is 12.5. The van der Waals surface area contributed by atoms with Crippen LogP contribution in [0, 0.1) is 11.3 Å². The SMILES string of the molecule is CC(C)(C)C1CCN(C(=O)c2c(N)cccc2Cl)C1. The standard InChI is InChI=1S/C15H21ClN2O/c1-15(2,3)10-7-8-18(9-10)14(19)13-11(16)5-4-6-12(13)17/h4-6,10H,7-9,17H2,1-3H3. The lowest BCUT2D eigenvalue weighted by molar-refractivity contribution is 0.0778. The Balaban J connectivity index is 2.19. The molecular formula is C15H21ClN2O. The molecule has 0 bridgehead atoms. The quantitative estimate of drug-likeness (QED) is 0.801. The number of carbonyl (C=O) groups excluding carboxylic acids is 1. The molecule has 0 aliphatic carbocycles. The topological polar surface area (TPSA) is 46.3 Å². The highest BCUT2D eigenvalue weighted by molar-refractivity contribution is 6.34. The van der Waals surface area contributed by atoms with Crippen molar-refractivity contribution in [2.24, 2.45) is 11.3 Å². The fourth-order valence-corrected chi connectivity index (χ4v) is 2.84. The first-order valence-corrected chi connectivity index (χ1v) is 7.01. The van der Waals surface area contributed by atoms with Crippen molar-refractivity contribution in [1.29, 1.82) is 0 Å². The molecule has 104 valence electrons. The Morgan fingerprint density at radius 3 is 2.63 bits per heavy atom. The summed E-state index contributed by atoms with van der Waals surface area (Å²) in [6.45, 7) is 8.22. The summed E-state index contributed by atoms with van der Waals surface area (Å²) in [7, 11) is 0. The van der Waals surface area contributed by atoms with Gasteiger partial charge in [0.05, 0.1) is 10.6 Å². The van der Waals surface area contributed by atoms with Crippen molar-refractivity contribution in [2.45, 2.75) is 27.2 Å². The molecule has 1 aromatic carbocycles. The molecule has 2 rings (SSSR count). The normalized spacial score (nSPS) is 19.8. The molecule has 1 fully saturated rings. The molecule has 1 amide bonds. The summed E-state index contributed by atoms with van der Waals surface area (Å²) in [4.78, 5) is 14.4. The summed E-state index contributed by atoms with van der Waals surface area (Å²) >= 11 is 6.10. The zero-order valence-corrected chi connectivity index (χ0v) is 12.5. The lowest BCUT2D eigenvalue weighted by atomic mass is 9.80. The highest BCUT2D eigenvalue weighted by Gasteiger charge is 2.34. The van der Waals surface area contributed by atoms with Crippen LogP contribution in [0.4, 0.5) is 5.69 Å². The predicted octanol–water partition coefficient (Wildman–Crippen LogP) is 3.43. The molecule has 0 spiro atoms. The smallest absolute Gasteiger partial charge is 0.257 e. The van der Waals surface area contributed by atoms with Gasteiger partial charge in [0, 0.05) is 18.8 Å². The van der Waals surface area contributed by atoms with E-state index in [2.05, 4.69) is 20.8 Å². The molecule has 1 unspecified atom stereocenters. The molecule has 1 saturated heterocycles. The monoisotopic (exact) mass is 280 g/mol. The molecule has 1 aromatic rings. The maximum absolute atomic E-state index is 12.5. The molecule has 0 radical (unpaired) electrons. The van der Waals surface area contributed by atoms with Gasteiger partial charge in [-0.05, 0) is 29.9 Å². The van der Waals surface area contributed by atoms with Gasteiger partial charge in [-0.2, -0.15) is 0 Å². The van der Waals surface area contributed by atoms with Crippen LogP contribution in [0.15, 0.2) is 18.2 Å². The van der Waals surface area contributed by atoms with Crippen molar-refractivity contribution in [3.05, 3.63) is 28.8 Å². The van der Waals surface area contributed by atoms with E-state index in [0.717, 1.165) is 19.5 Å². The molecule has 0 aromatic heterocycles. The largest absolute Gasteiger partial charge is 0.398 e. The molecule has 0 saturated carbocycles. The van der Waals surface area contributed by atoms with Gasteiger partial charge >= 0.3 is 0 Å². The van der Waals surface area contributed by atoms with Gasteiger partial charge < -0.3 is 10.6 Å². The number of anilines is 1. The Kier molecular flexibility index (Phi) is 3.77. The Morgan fingerprint density at radius 2 is 2.11 bits per heavy atom. The zero-order valence-electron chi connectivity index (χ0n) is 11.7. The van der Waals surface area contributed by atoms with E-state index < -0.39 is 0 Å². The minimum atomic E-state index is -0.0464. The van der Waals surface area contributed by atoms with Gasteiger partial charge in [-0.25, -0.2) is 0 Å². The second-order valence-corrected chi connectivity index (χ2v) is 6.71. The van der Waals surface area contributed by atoms with Crippen LogP contribution in [0.1, 0.15) is 37.6 Å². The number of nitrogens with two attached hydrogens (primary N) is 1. The maximum Gasteiger partial charge on any atom is 0.257 e. The summed E-state index contributed by atoms with van der Waals surface area (Å²) in [6, 6.07) is 5.19. The number of carbonyl (C=O) groups is 1. The second kappa shape index (κ2) is 5.04. The first-order chi connectivity index (χ1) is 8.80. The minimum absolute atomic E-state index is 0.0464.